The Labute approximate surface area is 184 Å². The normalized spacial score (nSPS) is 18.7. The molecule has 0 aliphatic carbocycles. The molecule has 3 aromatic heterocycles. The molecule has 1 fully saturated rings. The van der Waals surface area contributed by atoms with Gasteiger partial charge in [-0.05, 0) is 74.8 Å². The van der Waals surface area contributed by atoms with E-state index in [1.54, 1.807) is 0 Å². The van der Waals surface area contributed by atoms with Crippen LogP contribution < -0.4 is 5.32 Å². The topological polar surface area (TPSA) is 46.0 Å². The van der Waals surface area contributed by atoms with Crippen LogP contribution in [0.1, 0.15) is 60.1 Å². The summed E-state index contributed by atoms with van der Waals surface area (Å²) in [6.07, 6.45) is 5.95. The molecule has 1 aliphatic rings. The highest BCUT2D eigenvalue weighted by molar-refractivity contribution is 7.80. The van der Waals surface area contributed by atoms with Crippen molar-refractivity contribution in [1.82, 2.24) is 24.8 Å². The van der Waals surface area contributed by atoms with Gasteiger partial charge in [0.15, 0.2) is 5.11 Å². The fourth-order valence-electron chi connectivity index (χ4n) is 4.44. The lowest BCUT2D eigenvalue weighted by atomic mass is 9.96. The Morgan fingerprint density at radius 3 is 2.57 bits per heavy atom. The zero-order chi connectivity index (χ0) is 21.3. The lowest BCUT2D eigenvalue weighted by Gasteiger charge is -2.28. The van der Waals surface area contributed by atoms with Gasteiger partial charge in [0.05, 0.1) is 17.8 Å². The number of pyridine rings is 2. The van der Waals surface area contributed by atoms with E-state index in [1.165, 1.54) is 17.0 Å². The molecule has 5 nitrogen and oxygen atoms in total. The van der Waals surface area contributed by atoms with E-state index >= 15 is 0 Å². The molecule has 3 aromatic rings. The number of unbranched alkanes of at least 4 members (excludes halogenated alkanes) is 1. The van der Waals surface area contributed by atoms with Gasteiger partial charge in [-0.15, -0.1) is 0 Å². The SMILES string of the molecule is CCCCN1C(=S)N[C@H](c2ccccn2)[C@H]1c1cc(C)n(-c2ncccc2C)c1C. The first-order chi connectivity index (χ1) is 14.5. The number of aromatic nitrogens is 3. The number of hydrogen-bond donors (Lipinski definition) is 1. The highest BCUT2D eigenvalue weighted by atomic mass is 32.1. The van der Waals surface area contributed by atoms with E-state index in [0.717, 1.165) is 41.6 Å². The fraction of sp³-hybridized carbons (Fsp3) is 0.375. The standard InChI is InChI=1S/C24H29N5S/c1-5-6-14-28-22(21(27-24(28)30)20-11-7-8-12-25-20)19-15-17(3)29(18(19)4)23-16(2)10-9-13-26-23/h7-13,15,21-22H,5-6,14H2,1-4H3,(H,27,30)/t21-,22-/m1/s1. The van der Waals surface area contributed by atoms with Crippen molar-refractivity contribution in [2.45, 2.75) is 52.6 Å². The summed E-state index contributed by atoms with van der Waals surface area (Å²) in [7, 11) is 0. The second-order valence-corrected chi connectivity index (χ2v) is 8.37. The quantitative estimate of drug-likeness (QED) is 0.572. The number of hydrogen-bond acceptors (Lipinski definition) is 3. The van der Waals surface area contributed by atoms with Crippen LogP contribution in [0.4, 0.5) is 0 Å². The van der Waals surface area contributed by atoms with Crippen LogP contribution in [0.2, 0.25) is 0 Å². The third-order valence-electron chi connectivity index (χ3n) is 5.93. The van der Waals surface area contributed by atoms with Crippen molar-refractivity contribution in [3.8, 4) is 5.82 Å². The van der Waals surface area contributed by atoms with Gasteiger partial charge in [-0.25, -0.2) is 4.98 Å². The van der Waals surface area contributed by atoms with Crippen LogP contribution in [-0.4, -0.2) is 31.1 Å². The van der Waals surface area contributed by atoms with Crippen molar-refractivity contribution in [3.05, 3.63) is 77.0 Å². The van der Waals surface area contributed by atoms with Gasteiger partial charge in [0.2, 0.25) is 0 Å². The Balaban J connectivity index is 1.83. The Morgan fingerprint density at radius 1 is 1.07 bits per heavy atom. The molecule has 6 heteroatoms. The number of rotatable bonds is 6. The molecule has 0 spiro atoms. The van der Waals surface area contributed by atoms with E-state index < -0.39 is 0 Å². The lowest BCUT2D eigenvalue weighted by molar-refractivity contribution is 0.312. The number of thiocarbonyl (C=S) groups is 1. The minimum absolute atomic E-state index is 0.0225. The molecule has 0 radical (unpaired) electrons. The van der Waals surface area contributed by atoms with Crippen LogP contribution in [-0.2, 0) is 0 Å². The van der Waals surface area contributed by atoms with Crippen LogP contribution in [0.5, 0.6) is 0 Å². The average Bonchev–Trinajstić information content (AvgIpc) is 3.23. The fourth-order valence-corrected chi connectivity index (χ4v) is 4.77. The Kier molecular flexibility index (Phi) is 5.86. The smallest absolute Gasteiger partial charge is 0.170 e. The van der Waals surface area contributed by atoms with Crippen LogP contribution >= 0.6 is 12.2 Å². The Hall–Kier alpha value is -2.73. The first kappa shape index (κ1) is 20.5. The van der Waals surface area contributed by atoms with Gasteiger partial charge in [0, 0.05) is 30.3 Å². The summed E-state index contributed by atoms with van der Waals surface area (Å²) in [5, 5.41) is 4.36. The third kappa shape index (κ3) is 3.60. The van der Waals surface area contributed by atoms with E-state index in [9.17, 15) is 0 Å². The summed E-state index contributed by atoms with van der Waals surface area (Å²) in [6, 6.07) is 12.6. The predicted octanol–water partition coefficient (Wildman–Crippen LogP) is 4.97. The van der Waals surface area contributed by atoms with Crippen molar-refractivity contribution < 1.29 is 0 Å². The predicted molar refractivity (Wildman–Crippen MR) is 125 cm³/mol. The maximum Gasteiger partial charge on any atom is 0.170 e. The molecule has 0 aromatic carbocycles. The van der Waals surface area contributed by atoms with Gasteiger partial charge >= 0.3 is 0 Å². The maximum atomic E-state index is 5.77. The summed E-state index contributed by atoms with van der Waals surface area (Å²) >= 11 is 5.77. The molecule has 0 amide bonds. The third-order valence-corrected chi connectivity index (χ3v) is 6.29. The van der Waals surface area contributed by atoms with E-state index in [2.05, 4.69) is 70.6 Å². The summed E-state index contributed by atoms with van der Waals surface area (Å²) < 4.78 is 2.26. The average molecular weight is 420 g/mol. The number of nitrogens with one attached hydrogen (secondary N) is 1. The molecule has 4 rings (SSSR count). The van der Waals surface area contributed by atoms with Crippen LogP contribution in [0.25, 0.3) is 5.82 Å². The summed E-state index contributed by atoms with van der Waals surface area (Å²) in [4.78, 5) is 11.7. The molecule has 0 bridgehead atoms. The van der Waals surface area contributed by atoms with Gasteiger partial charge in [-0.1, -0.05) is 25.5 Å². The lowest BCUT2D eigenvalue weighted by Crippen LogP contribution is -2.30. The molecule has 0 unspecified atom stereocenters. The number of aryl methyl sites for hydroxylation is 2. The molecule has 0 saturated carbocycles. The van der Waals surface area contributed by atoms with Crippen LogP contribution in [0.15, 0.2) is 48.8 Å². The van der Waals surface area contributed by atoms with Gasteiger partial charge < -0.3 is 14.8 Å². The highest BCUT2D eigenvalue weighted by Gasteiger charge is 2.41. The minimum Gasteiger partial charge on any atom is -0.352 e. The van der Waals surface area contributed by atoms with Crippen molar-refractivity contribution in [3.63, 3.8) is 0 Å². The molecule has 30 heavy (non-hydrogen) atoms. The Bertz CT molecular complexity index is 1040. The molecule has 1 aliphatic heterocycles. The second-order valence-electron chi connectivity index (χ2n) is 7.98. The second kappa shape index (κ2) is 8.56. The molecule has 2 atom stereocenters. The monoisotopic (exact) mass is 419 g/mol. The molecule has 156 valence electrons. The Morgan fingerprint density at radius 2 is 1.87 bits per heavy atom. The van der Waals surface area contributed by atoms with E-state index in [0.29, 0.717) is 0 Å². The van der Waals surface area contributed by atoms with Gasteiger partial charge in [0.25, 0.3) is 0 Å². The van der Waals surface area contributed by atoms with Crippen LogP contribution in [0.3, 0.4) is 0 Å². The van der Waals surface area contributed by atoms with Crippen molar-refractivity contribution in [1.29, 1.82) is 0 Å². The van der Waals surface area contributed by atoms with Crippen molar-refractivity contribution >= 4 is 17.3 Å². The molecule has 1 saturated heterocycles. The van der Waals surface area contributed by atoms with E-state index in [4.69, 9.17) is 12.2 Å². The van der Waals surface area contributed by atoms with E-state index in [-0.39, 0.29) is 12.1 Å². The van der Waals surface area contributed by atoms with Gasteiger partial charge in [-0.3, -0.25) is 4.98 Å². The molecule has 1 N–H and O–H groups in total. The van der Waals surface area contributed by atoms with Gasteiger partial charge in [0.1, 0.15) is 5.82 Å². The maximum absolute atomic E-state index is 5.77. The van der Waals surface area contributed by atoms with Gasteiger partial charge in [-0.2, -0.15) is 0 Å². The van der Waals surface area contributed by atoms with Crippen LogP contribution in [0, 0.1) is 20.8 Å². The first-order valence-electron chi connectivity index (χ1n) is 10.6. The summed E-state index contributed by atoms with van der Waals surface area (Å²) in [6.45, 7) is 9.59. The largest absolute Gasteiger partial charge is 0.352 e. The molecule has 4 heterocycles. The molecular formula is C24H29N5S. The van der Waals surface area contributed by atoms with E-state index in [1.807, 2.05) is 30.6 Å². The summed E-state index contributed by atoms with van der Waals surface area (Å²) in [5.41, 5.74) is 5.83. The zero-order valence-corrected chi connectivity index (χ0v) is 18.9. The number of nitrogens with zero attached hydrogens (tertiary/aromatic N) is 4. The highest BCUT2D eigenvalue weighted by Crippen LogP contribution is 2.41. The minimum atomic E-state index is 0.0225. The zero-order valence-electron chi connectivity index (χ0n) is 18.1. The summed E-state index contributed by atoms with van der Waals surface area (Å²) in [5.74, 6) is 0.988. The first-order valence-corrected chi connectivity index (χ1v) is 11.0. The van der Waals surface area contributed by atoms with Crippen molar-refractivity contribution in [2.24, 2.45) is 0 Å². The molecular weight excluding hydrogens is 390 g/mol. The van der Waals surface area contributed by atoms with Crippen molar-refractivity contribution in [2.75, 3.05) is 6.54 Å².